The Morgan fingerprint density at radius 2 is 2.24 bits per heavy atom. The monoisotopic (exact) mass is 314 g/mol. The summed E-state index contributed by atoms with van der Waals surface area (Å²) < 4.78 is 2.63. The maximum absolute atomic E-state index is 6.19. The van der Waals surface area contributed by atoms with Crippen LogP contribution >= 0.6 is 27.5 Å². The Balaban J connectivity index is 2.52. The predicted molar refractivity (Wildman–Crippen MR) is 72.5 cm³/mol. The molecule has 1 aromatic carbocycles. The zero-order valence-electron chi connectivity index (χ0n) is 9.32. The molecule has 1 aromatic heterocycles. The molecule has 0 atom stereocenters. The standard InChI is InChI=1S/C11H12BrClN4/c1-2-3-10-11(14)15-16-17(10)9-5-4-7(12)6-8(9)13/h4-6H,2-3,14H2,1H3. The average molecular weight is 316 g/mol. The SMILES string of the molecule is CCCc1c(N)nnn1-c1ccc(Br)cc1Cl. The third-order valence-electron chi connectivity index (χ3n) is 2.42. The number of nitrogen functional groups attached to an aromatic ring is 1. The maximum atomic E-state index is 6.19. The molecule has 0 bridgehead atoms. The molecule has 0 amide bonds. The van der Waals surface area contributed by atoms with Crippen LogP contribution in [-0.4, -0.2) is 15.0 Å². The molecule has 0 saturated heterocycles. The number of nitrogens with two attached hydrogens (primary N) is 1. The molecule has 0 fully saturated rings. The summed E-state index contributed by atoms with van der Waals surface area (Å²) in [5, 5.41) is 8.55. The highest BCUT2D eigenvalue weighted by molar-refractivity contribution is 9.10. The Bertz CT molecular complexity index is 538. The zero-order valence-corrected chi connectivity index (χ0v) is 11.7. The molecule has 2 rings (SSSR count). The summed E-state index contributed by atoms with van der Waals surface area (Å²) in [4.78, 5) is 0. The smallest absolute Gasteiger partial charge is 0.169 e. The van der Waals surface area contributed by atoms with Crippen LogP contribution in [0.25, 0.3) is 5.69 Å². The zero-order chi connectivity index (χ0) is 12.4. The first-order chi connectivity index (χ1) is 8.13. The van der Waals surface area contributed by atoms with E-state index in [1.807, 2.05) is 18.2 Å². The lowest BCUT2D eigenvalue weighted by Gasteiger charge is -2.08. The van der Waals surface area contributed by atoms with E-state index < -0.39 is 0 Å². The number of nitrogens with zero attached hydrogens (tertiary/aromatic N) is 3. The van der Waals surface area contributed by atoms with Crippen molar-refractivity contribution >= 4 is 33.3 Å². The van der Waals surface area contributed by atoms with Gasteiger partial charge in [0.2, 0.25) is 0 Å². The largest absolute Gasteiger partial charge is 0.381 e. The van der Waals surface area contributed by atoms with Gasteiger partial charge in [-0.3, -0.25) is 0 Å². The van der Waals surface area contributed by atoms with E-state index in [0.717, 1.165) is 28.7 Å². The fourth-order valence-electron chi connectivity index (χ4n) is 1.63. The van der Waals surface area contributed by atoms with Gasteiger partial charge in [0.15, 0.2) is 5.82 Å². The Kier molecular flexibility index (Phi) is 3.69. The van der Waals surface area contributed by atoms with Gasteiger partial charge in [-0.2, -0.15) is 0 Å². The van der Waals surface area contributed by atoms with Crippen molar-refractivity contribution in [2.24, 2.45) is 0 Å². The molecule has 0 saturated carbocycles. The van der Waals surface area contributed by atoms with Gasteiger partial charge in [0, 0.05) is 4.47 Å². The van der Waals surface area contributed by atoms with Crippen LogP contribution in [0.15, 0.2) is 22.7 Å². The molecule has 0 aliphatic heterocycles. The minimum absolute atomic E-state index is 0.464. The average Bonchev–Trinajstić information content (AvgIpc) is 2.62. The normalized spacial score (nSPS) is 10.8. The van der Waals surface area contributed by atoms with E-state index >= 15 is 0 Å². The molecule has 0 aliphatic carbocycles. The molecule has 17 heavy (non-hydrogen) atoms. The fraction of sp³-hybridized carbons (Fsp3) is 0.273. The Morgan fingerprint density at radius 1 is 1.47 bits per heavy atom. The van der Waals surface area contributed by atoms with Crippen LogP contribution < -0.4 is 5.73 Å². The minimum Gasteiger partial charge on any atom is -0.381 e. The number of aromatic nitrogens is 3. The van der Waals surface area contributed by atoms with E-state index in [0.29, 0.717) is 10.8 Å². The van der Waals surface area contributed by atoms with Crippen molar-refractivity contribution in [2.75, 3.05) is 5.73 Å². The third kappa shape index (κ3) is 2.45. The van der Waals surface area contributed by atoms with Gasteiger partial charge < -0.3 is 5.73 Å². The molecule has 4 nitrogen and oxygen atoms in total. The quantitative estimate of drug-likeness (QED) is 0.946. The number of halogens is 2. The molecule has 2 aromatic rings. The van der Waals surface area contributed by atoms with Crippen LogP contribution in [0.1, 0.15) is 19.0 Å². The van der Waals surface area contributed by atoms with Crippen molar-refractivity contribution in [3.05, 3.63) is 33.4 Å². The van der Waals surface area contributed by atoms with Gasteiger partial charge in [-0.25, -0.2) is 4.68 Å². The highest BCUT2D eigenvalue weighted by Gasteiger charge is 2.13. The van der Waals surface area contributed by atoms with E-state index in [2.05, 4.69) is 33.2 Å². The van der Waals surface area contributed by atoms with Crippen LogP contribution in [0.5, 0.6) is 0 Å². The van der Waals surface area contributed by atoms with Crippen molar-refractivity contribution in [3.8, 4) is 5.69 Å². The molecular formula is C11H12BrClN4. The lowest BCUT2D eigenvalue weighted by molar-refractivity contribution is 0.745. The van der Waals surface area contributed by atoms with Crippen molar-refractivity contribution in [3.63, 3.8) is 0 Å². The van der Waals surface area contributed by atoms with Gasteiger partial charge in [-0.15, -0.1) is 5.10 Å². The third-order valence-corrected chi connectivity index (χ3v) is 3.21. The highest BCUT2D eigenvalue weighted by Crippen LogP contribution is 2.26. The first-order valence-electron chi connectivity index (χ1n) is 5.29. The van der Waals surface area contributed by atoms with Gasteiger partial charge in [-0.1, -0.05) is 46.1 Å². The second-order valence-electron chi connectivity index (χ2n) is 3.68. The molecule has 0 spiro atoms. The van der Waals surface area contributed by atoms with E-state index in [-0.39, 0.29) is 0 Å². The molecule has 0 unspecified atom stereocenters. The summed E-state index contributed by atoms with van der Waals surface area (Å²) in [6, 6.07) is 5.62. The van der Waals surface area contributed by atoms with E-state index in [4.69, 9.17) is 17.3 Å². The summed E-state index contributed by atoms with van der Waals surface area (Å²) >= 11 is 9.55. The van der Waals surface area contributed by atoms with E-state index in [1.54, 1.807) is 4.68 Å². The van der Waals surface area contributed by atoms with Gasteiger partial charge >= 0.3 is 0 Å². The summed E-state index contributed by atoms with van der Waals surface area (Å²) in [5.41, 5.74) is 7.49. The molecular weight excluding hydrogens is 304 g/mol. The lowest BCUT2D eigenvalue weighted by Crippen LogP contribution is -2.04. The second kappa shape index (κ2) is 5.06. The van der Waals surface area contributed by atoms with Crippen molar-refractivity contribution in [1.29, 1.82) is 0 Å². The molecule has 6 heteroatoms. The van der Waals surface area contributed by atoms with Crippen molar-refractivity contribution in [2.45, 2.75) is 19.8 Å². The Hall–Kier alpha value is -1.07. The number of benzene rings is 1. The summed E-state index contributed by atoms with van der Waals surface area (Å²) in [7, 11) is 0. The minimum atomic E-state index is 0.464. The van der Waals surface area contributed by atoms with Crippen LogP contribution in [-0.2, 0) is 6.42 Å². The van der Waals surface area contributed by atoms with Crippen LogP contribution in [0.2, 0.25) is 5.02 Å². The number of anilines is 1. The number of rotatable bonds is 3. The van der Waals surface area contributed by atoms with Crippen molar-refractivity contribution in [1.82, 2.24) is 15.0 Å². The first-order valence-corrected chi connectivity index (χ1v) is 6.46. The molecule has 2 N–H and O–H groups in total. The molecule has 90 valence electrons. The second-order valence-corrected chi connectivity index (χ2v) is 5.00. The fourth-order valence-corrected chi connectivity index (χ4v) is 2.38. The van der Waals surface area contributed by atoms with Crippen LogP contribution in [0.3, 0.4) is 0 Å². The number of hydrogen-bond acceptors (Lipinski definition) is 3. The van der Waals surface area contributed by atoms with E-state index in [1.165, 1.54) is 0 Å². The van der Waals surface area contributed by atoms with E-state index in [9.17, 15) is 0 Å². The van der Waals surface area contributed by atoms with Crippen LogP contribution in [0.4, 0.5) is 5.82 Å². The predicted octanol–water partition coefficient (Wildman–Crippen LogP) is 3.22. The number of hydrogen-bond donors (Lipinski definition) is 1. The van der Waals surface area contributed by atoms with Gasteiger partial charge in [0.25, 0.3) is 0 Å². The van der Waals surface area contributed by atoms with Crippen molar-refractivity contribution < 1.29 is 0 Å². The lowest BCUT2D eigenvalue weighted by atomic mass is 10.2. The Morgan fingerprint density at radius 3 is 2.88 bits per heavy atom. The maximum Gasteiger partial charge on any atom is 0.169 e. The van der Waals surface area contributed by atoms with Gasteiger partial charge in [0.05, 0.1) is 16.4 Å². The van der Waals surface area contributed by atoms with Gasteiger partial charge in [-0.05, 0) is 24.6 Å². The summed E-state index contributed by atoms with van der Waals surface area (Å²) in [6.07, 6.45) is 1.80. The van der Waals surface area contributed by atoms with Gasteiger partial charge in [0.1, 0.15) is 0 Å². The molecule has 1 heterocycles. The van der Waals surface area contributed by atoms with Crippen LogP contribution in [0, 0.1) is 0 Å². The highest BCUT2D eigenvalue weighted by atomic mass is 79.9. The molecule has 0 aliphatic rings. The first kappa shape index (κ1) is 12.4. The summed E-state index contributed by atoms with van der Waals surface area (Å²) in [6.45, 7) is 2.08. The molecule has 0 radical (unpaired) electrons. The summed E-state index contributed by atoms with van der Waals surface area (Å²) in [5.74, 6) is 0.464. The Labute approximate surface area is 113 Å². The topological polar surface area (TPSA) is 56.7 Å².